The fourth-order valence-electron chi connectivity index (χ4n) is 3.27. The fraction of sp³-hybridized carbons (Fsp3) is 0.333. The lowest BCUT2D eigenvalue weighted by molar-refractivity contribution is -0.385. The maximum atomic E-state index is 13.1. The molecule has 31 heavy (non-hydrogen) atoms. The van der Waals surface area contributed by atoms with Crippen molar-refractivity contribution in [3.8, 4) is 0 Å². The standard InChI is InChI=1S/C21H24N4O5S/c1-21(2,3)20(26)24-19(15-6-5-7-17(12-15)25(27)28)13-18(22-24)14-8-10-16(11-9-14)23-31(4,29)30/h5-12,19,23H,13H2,1-4H3/t19-/m0/s1. The van der Waals surface area contributed by atoms with Crippen molar-refractivity contribution in [1.82, 2.24) is 5.01 Å². The lowest BCUT2D eigenvalue weighted by Crippen LogP contribution is -2.36. The van der Waals surface area contributed by atoms with Crippen LogP contribution in [0.2, 0.25) is 0 Å². The molecule has 0 saturated heterocycles. The maximum absolute atomic E-state index is 13.1. The van der Waals surface area contributed by atoms with Gasteiger partial charge in [-0.3, -0.25) is 19.6 Å². The number of nitrogens with zero attached hydrogens (tertiary/aromatic N) is 3. The van der Waals surface area contributed by atoms with Gasteiger partial charge in [-0.1, -0.05) is 45.0 Å². The lowest BCUT2D eigenvalue weighted by atomic mass is 9.93. The fourth-order valence-corrected chi connectivity index (χ4v) is 3.83. The Labute approximate surface area is 181 Å². The van der Waals surface area contributed by atoms with Crippen molar-refractivity contribution < 1.29 is 18.1 Å². The normalized spacial score (nSPS) is 16.7. The highest BCUT2D eigenvalue weighted by molar-refractivity contribution is 7.92. The number of amides is 1. The molecule has 9 nitrogen and oxygen atoms in total. The van der Waals surface area contributed by atoms with E-state index >= 15 is 0 Å². The molecular weight excluding hydrogens is 420 g/mol. The predicted molar refractivity (Wildman–Crippen MR) is 118 cm³/mol. The van der Waals surface area contributed by atoms with Crippen LogP contribution in [-0.2, 0) is 14.8 Å². The molecule has 1 aliphatic rings. The van der Waals surface area contributed by atoms with Crippen LogP contribution in [0, 0.1) is 15.5 Å². The average Bonchev–Trinajstić information content (AvgIpc) is 3.11. The summed E-state index contributed by atoms with van der Waals surface area (Å²) in [7, 11) is -3.39. The first kappa shape index (κ1) is 22.4. The molecule has 0 saturated carbocycles. The SMILES string of the molecule is CC(C)(C)C(=O)N1N=C(c2ccc(NS(C)(=O)=O)cc2)C[C@H]1c1cccc([N+](=O)[O-])c1. The Bertz CT molecular complexity index is 1150. The van der Waals surface area contributed by atoms with Gasteiger partial charge >= 0.3 is 0 Å². The number of hydrogen-bond acceptors (Lipinski definition) is 6. The van der Waals surface area contributed by atoms with Crippen LogP contribution in [0.1, 0.15) is 44.4 Å². The number of rotatable bonds is 5. The summed E-state index contributed by atoms with van der Waals surface area (Å²) in [6.45, 7) is 5.37. The van der Waals surface area contributed by atoms with E-state index in [2.05, 4.69) is 9.82 Å². The third-order valence-electron chi connectivity index (χ3n) is 4.75. The van der Waals surface area contributed by atoms with E-state index in [1.807, 2.05) is 0 Å². The summed E-state index contributed by atoms with van der Waals surface area (Å²) in [5.74, 6) is -0.200. The lowest BCUT2D eigenvalue weighted by Gasteiger charge is -2.28. The molecule has 2 aromatic rings. The maximum Gasteiger partial charge on any atom is 0.269 e. The van der Waals surface area contributed by atoms with Crippen molar-refractivity contribution in [2.24, 2.45) is 10.5 Å². The molecule has 0 fully saturated rings. The van der Waals surface area contributed by atoms with Crippen molar-refractivity contribution in [2.45, 2.75) is 33.2 Å². The second kappa shape index (κ2) is 8.10. The van der Waals surface area contributed by atoms with Crippen molar-refractivity contribution >= 4 is 33.0 Å². The monoisotopic (exact) mass is 444 g/mol. The molecular formula is C21H24N4O5S. The number of anilines is 1. The van der Waals surface area contributed by atoms with Gasteiger partial charge in [-0.05, 0) is 23.3 Å². The van der Waals surface area contributed by atoms with Crippen molar-refractivity contribution in [3.63, 3.8) is 0 Å². The molecule has 1 amide bonds. The number of hydrazone groups is 1. The van der Waals surface area contributed by atoms with Gasteiger partial charge in [-0.2, -0.15) is 5.10 Å². The van der Waals surface area contributed by atoms with Gasteiger partial charge < -0.3 is 0 Å². The number of nitro benzene ring substituents is 1. The summed E-state index contributed by atoms with van der Waals surface area (Å²) in [5.41, 5.74) is 1.67. The Morgan fingerprint density at radius 3 is 2.39 bits per heavy atom. The molecule has 0 aromatic heterocycles. The van der Waals surface area contributed by atoms with Crippen LogP contribution in [0.3, 0.4) is 0 Å². The Kier molecular flexibility index (Phi) is 5.86. The van der Waals surface area contributed by atoms with Crippen LogP contribution in [0.5, 0.6) is 0 Å². The molecule has 1 aliphatic heterocycles. The van der Waals surface area contributed by atoms with Crippen LogP contribution in [0.25, 0.3) is 0 Å². The van der Waals surface area contributed by atoms with E-state index in [-0.39, 0.29) is 11.6 Å². The topological polar surface area (TPSA) is 122 Å². The molecule has 10 heteroatoms. The van der Waals surface area contributed by atoms with Crippen LogP contribution >= 0.6 is 0 Å². The summed E-state index contributed by atoms with van der Waals surface area (Å²) in [6, 6.07) is 12.4. The second-order valence-electron chi connectivity index (χ2n) is 8.47. The van der Waals surface area contributed by atoms with Crippen LogP contribution < -0.4 is 4.72 Å². The van der Waals surface area contributed by atoms with Crippen molar-refractivity contribution in [3.05, 3.63) is 69.8 Å². The van der Waals surface area contributed by atoms with Gasteiger partial charge in [0.1, 0.15) is 0 Å². The van der Waals surface area contributed by atoms with Crippen molar-refractivity contribution in [1.29, 1.82) is 0 Å². The number of nitro groups is 1. The third-order valence-corrected chi connectivity index (χ3v) is 5.35. The molecule has 3 rings (SSSR count). The highest BCUT2D eigenvalue weighted by atomic mass is 32.2. The van der Waals surface area contributed by atoms with E-state index in [0.717, 1.165) is 11.8 Å². The van der Waals surface area contributed by atoms with E-state index in [4.69, 9.17) is 0 Å². The first-order chi connectivity index (χ1) is 14.3. The highest BCUT2D eigenvalue weighted by Gasteiger charge is 2.38. The highest BCUT2D eigenvalue weighted by Crippen LogP contribution is 2.37. The smallest absolute Gasteiger partial charge is 0.269 e. The van der Waals surface area contributed by atoms with E-state index in [0.29, 0.717) is 23.4 Å². The first-order valence-electron chi connectivity index (χ1n) is 9.59. The zero-order chi connectivity index (χ0) is 23.0. The molecule has 2 aromatic carbocycles. The number of carbonyl (C=O) groups is 1. The summed E-state index contributed by atoms with van der Waals surface area (Å²) >= 11 is 0. The summed E-state index contributed by atoms with van der Waals surface area (Å²) in [4.78, 5) is 23.8. The number of sulfonamides is 1. The zero-order valence-electron chi connectivity index (χ0n) is 17.7. The quantitative estimate of drug-likeness (QED) is 0.557. The van der Waals surface area contributed by atoms with E-state index in [9.17, 15) is 23.3 Å². The third kappa shape index (κ3) is 5.26. The Morgan fingerprint density at radius 1 is 1.19 bits per heavy atom. The number of hydrogen-bond donors (Lipinski definition) is 1. The molecule has 0 radical (unpaired) electrons. The van der Waals surface area contributed by atoms with Gasteiger partial charge in [-0.15, -0.1) is 0 Å². The van der Waals surface area contributed by atoms with E-state index < -0.39 is 26.4 Å². The Hall–Kier alpha value is -3.27. The molecule has 164 valence electrons. The number of carbonyl (C=O) groups excluding carboxylic acids is 1. The second-order valence-corrected chi connectivity index (χ2v) is 10.2. The summed E-state index contributed by atoms with van der Waals surface area (Å²) < 4.78 is 25.2. The average molecular weight is 445 g/mol. The molecule has 1 heterocycles. The molecule has 1 N–H and O–H groups in total. The largest absolute Gasteiger partial charge is 0.284 e. The van der Waals surface area contributed by atoms with Gasteiger partial charge in [-0.25, -0.2) is 13.4 Å². The summed E-state index contributed by atoms with van der Waals surface area (Å²) in [6.07, 6.45) is 1.45. The Balaban J connectivity index is 1.97. The van der Waals surface area contributed by atoms with Gasteiger partial charge in [0.2, 0.25) is 15.9 Å². The molecule has 0 spiro atoms. The number of benzene rings is 2. The van der Waals surface area contributed by atoms with Crippen molar-refractivity contribution in [2.75, 3.05) is 11.0 Å². The number of nitrogens with one attached hydrogen (secondary N) is 1. The van der Waals surface area contributed by atoms with E-state index in [1.165, 1.54) is 17.1 Å². The molecule has 0 unspecified atom stereocenters. The number of non-ortho nitro benzene ring substituents is 1. The van der Waals surface area contributed by atoms with Crippen LogP contribution in [0.4, 0.5) is 11.4 Å². The Morgan fingerprint density at radius 2 is 1.84 bits per heavy atom. The summed E-state index contributed by atoms with van der Waals surface area (Å²) in [5, 5.41) is 17.2. The zero-order valence-corrected chi connectivity index (χ0v) is 18.5. The molecule has 0 aliphatic carbocycles. The molecule has 1 atom stereocenters. The van der Waals surface area contributed by atoms with Gasteiger partial charge in [0.25, 0.3) is 5.69 Å². The van der Waals surface area contributed by atoms with Crippen LogP contribution in [0.15, 0.2) is 53.6 Å². The van der Waals surface area contributed by atoms with Gasteiger partial charge in [0, 0.05) is 29.7 Å². The van der Waals surface area contributed by atoms with Crippen LogP contribution in [-0.4, -0.2) is 36.2 Å². The van der Waals surface area contributed by atoms with E-state index in [1.54, 1.807) is 57.2 Å². The predicted octanol–water partition coefficient (Wildman–Crippen LogP) is 3.69. The van der Waals surface area contributed by atoms with Gasteiger partial charge in [0.05, 0.1) is 22.9 Å². The minimum Gasteiger partial charge on any atom is -0.284 e. The minimum absolute atomic E-state index is 0.0506. The van der Waals surface area contributed by atoms with Gasteiger partial charge in [0.15, 0.2) is 0 Å². The minimum atomic E-state index is -3.39. The molecule has 0 bridgehead atoms. The first-order valence-corrected chi connectivity index (χ1v) is 11.5.